The average Bonchev–Trinajstić information content (AvgIpc) is 3.53. The quantitative estimate of drug-likeness (QED) is 0.534. The predicted molar refractivity (Wildman–Crippen MR) is 116 cm³/mol. The Labute approximate surface area is 187 Å². The molecular weight excluding hydrogens is 436 g/mol. The summed E-state index contributed by atoms with van der Waals surface area (Å²) in [7, 11) is 4.40. The van der Waals surface area contributed by atoms with Gasteiger partial charge in [-0.3, -0.25) is 14.5 Å². The molecule has 32 heavy (non-hydrogen) atoms. The fourth-order valence-electron chi connectivity index (χ4n) is 3.66. The third-order valence-corrected chi connectivity index (χ3v) is 5.93. The van der Waals surface area contributed by atoms with Crippen molar-refractivity contribution >= 4 is 28.8 Å². The molecule has 0 saturated carbocycles. The van der Waals surface area contributed by atoms with Crippen LogP contribution in [0.3, 0.4) is 0 Å². The van der Waals surface area contributed by atoms with Crippen LogP contribution in [0.15, 0.2) is 51.6 Å². The van der Waals surface area contributed by atoms with E-state index in [4.69, 9.17) is 18.7 Å². The average molecular weight is 456 g/mol. The van der Waals surface area contributed by atoms with Gasteiger partial charge in [-0.25, -0.2) is 0 Å². The molecule has 0 aliphatic carbocycles. The number of aliphatic hydroxyl groups excluding tert-OH is 1. The first-order valence-corrected chi connectivity index (χ1v) is 10.4. The van der Waals surface area contributed by atoms with Crippen molar-refractivity contribution in [2.75, 3.05) is 26.2 Å². The van der Waals surface area contributed by atoms with E-state index in [9.17, 15) is 14.7 Å². The summed E-state index contributed by atoms with van der Waals surface area (Å²) in [5.41, 5.74) is 0.379. The number of benzene rings is 1. The lowest BCUT2D eigenvalue weighted by Gasteiger charge is -2.25. The Kier molecular flexibility index (Phi) is 5.62. The summed E-state index contributed by atoms with van der Waals surface area (Å²) in [5.74, 6) is -0.237. The van der Waals surface area contributed by atoms with Crippen LogP contribution in [0.25, 0.3) is 0 Å². The van der Waals surface area contributed by atoms with E-state index < -0.39 is 23.5 Å². The number of methoxy groups -OCH3 is 3. The van der Waals surface area contributed by atoms with E-state index in [1.165, 1.54) is 37.6 Å². The number of hydrogen-bond donors (Lipinski definition) is 1. The van der Waals surface area contributed by atoms with Crippen molar-refractivity contribution in [2.45, 2.75) is 13.0 Å². The van der Waals surface area contributed by atoms with E-state index in [2.05, 4.69) is 5.16 Å². The second-order valence-electron chi connectivity index (χ2n) is 6.90. The largest absolute Gasteiger partial charge is 0.503 e. The molecule has 0 spiro atoms. The topological polar surface area (TPSA) is 111 Å². The molecule has 1 aliphatic heterocycles. The molecule has 10 heteroatoms. The number of hydrogen-bond acceptors (Lipinski definition) is 9. The molecule has 1 atom stereocenters. The Bertz CT molecular complexity index is 1190. The van der Waals surface area contributed by atoms with Gasteiger partial charge in [0.1, 0.15) is 5.76 Å². The monoisotopic (exact) mass is 456 g/mol. The summed E-state index contributed by atoms with van der Waals surface area (Å²) in [6, 6.07) is 7.15. The molecule has 1 aromatic carbocycles. The maximum Gasteiger partial charge on any atom is 0.295 e. The molecule has 166 valence electrons. The molecule has 0 bridgehead atoms. The van der Waals surface area contributed by atoms with Crippen molar-refractivity contribution in [3.05, 3.63) is 63.2 Å². The number of ether oxygens (including phenoxy) is 3. The van der Waals surface area contributed by atoms with Crippen LogP contribution in [-0.4, -0.2) is 43.3 Å². The van der Waals surface area contributed by atoms with E-state index in [-0.39, 0.29) is 11.4 Å². The second kappa shape index (κ2) is 8.39. The van der Waals surface area contributed by atoms with Crippen LogP contribution < -0.4 is 19.1 Å². The lowest BCUT2D eigenvalue weighted by Crippen LogP contribution is -2.31. The van der Waals surface area contributed by atoms with Crippen molar-refractivity contribution in [1.82, 2.24) is 5.16 Å². The van der Waals surface area contributed by atoms with Gasteiger partial charge in [-0.05, 0) is 36.1 Å². The normalized spacial score (nSPS) is 15.9. The van der Waals surface area contributed by atoms with Crippen molar-refractivity contribution < 1.29 is 33.4 Å². The summed E-state index contributed by atoms with van der Waals surface area (Å²) in [6.07, 6.45) is 0. The molecule has 0 saturated heterocycles. The third kappa shape index (κ3) is 3.38. The summed E-state index contributed by atoms with van der Waals surface area (Å²) in [6.45, 7) is 1.68. The maximum absolute atomic E-state index is 13.3. The number of thiophene rings is 1. The summed E-state index contributed by atoms with van der Waals surface area (Å²) >= 11 is 1.21. The molecule has 1 amide bonds. The van der Waals surface area contributed by atoms with Crippen LogP contribution in [0.4, 0.5) is 5.82 Å². The number of nitrogens with zero attached hydrogens (tertiary/aromatic N) is 2. The zero-order valence-corrected chi connectivity index (χ0v) is 18.6. The number of ketones is 1. The Morgan fingerprint density at radius 3 is 2.34 bits per heavy atom. The number of aromatic nitrogens is 1. The lowest BCUT2D eigenvalue weighted by molar-refractivity contribution is -0.117. The predicted octanol–water partition coefficient (Wildman–Crippen LogP) is 3.85. The van der Waals surface area contributed by atoms with E-state index in [0.717, 1.165) is 0 Å². The Balaban J connectivity index is 1.95. The van der Waals surface area contributed by atoms with Gasteiger partial charge in [-0.2, -0.15) is 0 Å². The minimum absolute atomic E-state index is 0.0765. The molecule has 1 N–H and O–H groups in total. The number of aryl methyl sites for hydroxylation is 1. The highest BCUT2D eigenvalue weighted by Gasteiger charge is 2.46. The molecule has 3 heterocycles. The number of carbonyl (C=O) groups excluding carboxylic acids is 2. The SMILES string of the molecule is COc1cc([C@@H]2C(C(=O)c3cccs3)=C(O)C(=O)N2c2cc(C)on2)cc(OC)c1OC. The number of Topliss-reactive ketones (excluding diaryl/α,β-unsaturated/α-hetero) is 1. The zero-order valence-electron chi connectivity index (χ0n) is 17.7. The van der Waals surface area contributed by atoms with Gasteiger partial charge in [0.25, 0.3) is 5.91 Å². The summed E-state index contributed by atoms with van der Waals surface area (Å²) in [5, 5.41) is 16.5. The van der Waals surface area contributed by atoms with Crippen molar-refractivity contribution in [1.29, 1.82) is 0 Å². The van der Waals surface area contributed by atoms with Gasteiger partial charge in [-0.1, -0.05) is 11.2 Å². The van der Waals surface area contributed by atoms with Crippen molar-refractivity contribution in [3.63, 3.8) is 0 Å². The Morgan fingerprint density at radius 2 is 1.84 bits per heavy atom. The number of carbonyl (C=O) groups is 2. The molecule has 9 nitrogen and oxygen atoms in total. The number of amides is 1. The molecule has 4 rings (SSSR count). The van der Waals surface area contributed by atoms with Crippen LogP contribution in [0.2, 0.25) is 0 Å². The van der Waals surface area contributed by atoms with E-state index in [0.29, 0.717) is 33.4 Å². The minimum atomic E-state index is -1.00. The van der Waals surface area contributed by atoms with Gasteiger partial charge in [-0.15, -0.1) is 11.3 Å². The van der Waals surface area contributed by atoms with Crippen LogP contribution >= 0.6 is 11.3 Å². The van der Waals surface area contributed by atoms with Crippen LogP contribution in [-0.2, 0) is 4.79 Å². The van der Waals surface area contributed by atoms with E-state index >= 15 is 0 Å². The van der Waals surface area contributed by atoms with Crippen LogP contribution in [0, 0.1) is 6.92 Å². The number of aliphatic hydroxyl groups is 1. The van der Waals surface area contributed by atoms with Gasteiger partial charge in [0.15, 0.2) is 23.1 Å². The van der Waals surface area contributed by atoms with E-state index in [1.54, 1.807) is 42.6 Å². The number of rotatable bonds is 7. The number of anilines is 1. The van der Waals surface area contributed by atoms with E-state index in [1.807, 2.05) is 0 Å². The smallest absolute Gasteiger partial charge is 0.295 e. The maximum atomic E-state index is 13.3. The van der Waals surface area contributed by atoms with Gasteiger partial charge < -0.3 is 23.8 Å². The van der Waals surface area contributed by atoms with Crippen molar-refractivity contribution in [3.8, 4) is 17.2 Å². The fourth-order valence-corrected chi connectivity index (χ4v) is 4.33. The highest BCUT2D eigenvalue weighted by Crippen LogP contribution is 2.47. The van der Waals surface area contributed by atoms with Gasteiger partial charge in [0.05, 0.1) is 37.8 Å². The Morgan fingerprint density at radius 1 is 1.16 bits per heavy atom. The molecule has 0 fully saturated rings. The highest BCUT2D eigenvalue weighted by molar-refractivity contribution is 7.12. The molecule has 0 unspecified atom stereocenters. The minimum Gasteiger partial charge on any atom is -0.503 e. The van der Waals surface area contributed by atoms with Gasteiger partial charge >= 0.3 is 0 Å². The first-order chi connectivity index (χ1) is 15.4. The van der Waals surface area contributed by atoms with Gasteiger partial charge in [0, 0.05) is 6.07 Å². The molecular formula is C22H20N2O7S. The van der Waals surface area contributed by atoms with Crippen molar-refractivity contribution in [2.24, 2.45) is 0 Å². The third-order valence-electron chi connectivity index (χ3n) is 5.06. The summed E-state index contributed by atoms with van der Waals surface area (Å²) < 4.78 is 21.4. The first kappa shape index (κ1) is 21.4. The first-order valence-electron chi connectivity index (χ1n) is 9.49. The molecule has 3 aromatic rings. The summed E-state index contributed by atoms with van der Waals surface area (Å²) in [4.78, 5) is 28.1. The molecule has 0 radical (unpaired) electrons. The lowest BCUT2D eigenvalue weighted by atomic mass is 9.94. The van der Waals surface area contributed by atoms with Crippen LogP contribution in [0.1, 0.15) is 27.0 Å². The molecule has 2 aromatic heterocycles. The zero-order chi connectivity index (χ0) is 23.0. The van der Waals surface area contributed by atoms with Crippen LogP contribution in [0.5, 0.6) is 17.2 Å². The second-order valence-corrected chi connectivity index (χ2v) is 7.85. The Hall–Kier alpha value is -3.79. The highest BCUT2D eigenvalue weighted by atomic mass is 32.1. The van der Waals surface area contributed by atoms with Gasteiger partial charge in [0.2, 0.25) is 11.5 Å². The fraction of sp³-hybridized carbons (Fsp3) is 0.227. The standard InChI is InChI=1S/C22H20N2O7S/c1-11-8-16(23-31-11)24-18(12-9-13(28-2)21(30-4)14(10-12)29-3)17(20(26)22(24)27)19(25)15-6-5-7-32-15/h5-10,18,26H,1-4H3/t18-/m1/s1. The molecule has 1 aliphatic rings.